The van der Waals surface area contributed by atoms with Gasteiger partial charge in [0.15, 0.2) is 0 Å². The number of carboxylic acid groups (broad SMARTS) is 1. The largest absolute Gasteiger partial charge is 0.480 e. The van der Waals surface area contributed by atoms with Gasteiger partial charge in [-0.3, -0.25) is 4.79 Å². The van der Waals surface area contributed by atoms with E-state index >= 15 is 0 Å². The predicted octanol–water partition coefficient (Wildman–Crippen LogP) is 1.56. The third kappa shape index (κ3) is 4.94. The van der Waals surface area contributed by atoms with Crippen molar-refractivity contribution >= 4 is 5.97 Å². The standard InChI is InChI=1S/C12H26N2O2/c1-5-7-12(8-6-2,11(15)16)13-9-10-14(3)4/h13H,5-10H2,1-4H3,(H,15,16). The van der Waals surface area contributed by atoms with Gasteiger partial charge in [0.25, 0.3) is 0 Å². The van der Waals surface area contributed by atoms with E-state index in [2.05, 4.69) is 10.2 Å². The molecule has 0 radical (unpaired) electrons. The maximum absolute atomic E-state index is 11.4. The van der Waals surface area contributed by atoms with Gasteiger partial charge in [0.2, 0.25) is 0 Å². The second kappa shape index (κ2) is 7.63. The molecule has 0 bridgehead atoms. The molecule has 0 unspecified atom stereocenters. The monoisotopic (exact) mass is 230 g/mol. The van der Waals surface area contributed by atoms with Gasteiger partial charge in [-0.25, -0.2) is 0 Å². The van der Waals surface area contributed by atoms with Crippen molar-refractivity contribution in [2.45, 2.75) is 45.1 Å². The summed E-state index contributed by atoms with van der Waals surface area (Å²) >= 11 is 0. The van der Waals surface area contributed by atoms with Crippen molar-refractivity contribution in [3.05, 3.63) is 0 Å². The summed E-state index contributed by atoms with van der Waals surface area (Å²) in [5.41, 5.74) is -0.723. The molecule has 0 spiro atoms. The molecular formula is C12H26N2O2. The lowest BCUT2D eigenvalue weighted by Crippen LogP contribution is -2.53. The number of aliphatic carboxylic acids is 1. The van der Waals surface area contributed by atoms with Crippen molar-refractivity contribution in [3.63, 3.8) is 0 Å². The number of hydrogen-bond acceptors (Lipinski definition) is 3. The third-order valence-corrected chi connectivity index (χ3v) is 2.79. The van der Waals surface area contributed by atoms with E-state index in [1.165, 1.54) is 0 Å². The molecule has 0 saturated carbocycles. The molecule has 2 N–H and O–H groups in total. The molecule has 0 saturated heterocycles. The first-order valence-corrected chi connectivity index (χ1v) is 6.11. The molecule has 16 heavy (non-hydrogen) atoms. The molecule has 4 heteroatoms. The summed E-state index contributed by atoms with van der Waals surface area (Å²) in [7, 11) is 3.98. The lowest BCUT2D eigenvalue weighted by atomic mass is 9.88. The Balaban J connectivity index is 4.42. The highest BCUT2D eigenvalue weighted by Gasteiger charge is 2.35. The van der Waals surface area contributed by atoms with Crippen LogP contribution in [0.4, 0.5) is 0 Å². The van der Waals surface area contributed by atoms with Gasteiger partial charge >= 0.3 is 5.97 Å². The van der Waals surface area contributed by atoms with E-state index in [1.54, 1.807) is 0 Å². The van der Waals surface area contributed by atoms with Crippen molar-refractivity contribution in [2.24, 2.45) is 0 Å². The van der Waals surface area contributed by atoms with Crippen LogP contribution in [0.25, 0.3) is 0 Å². The quantitative estimate of drug-likeness (QED) is 0.631. The Morgan fingerprint density at radius 1 is 1.25 bits per heavy atom. The summed E-state index contributed by atoms with van der Waals surface area (Å²) in [6, 6.07) is 0. The van der Waals surface area contributed by atoms with Crippen molar-refractivity contribution in [2.75, 3.05) is 27.2 Å². The van der Waals surface area contributed by atoms with Gasteiger partial charge in [0.05, 0.1) is 0 Å². The summed E-state index contributed by atoms with van der Waals surface area (Å²) < 4.78 is 0. The molecule has 0 aliphatic heterocycles. The predicted molar refractivity (Wildman–Crippen MR) is 66.7 cm³/mol. The molecule has 0 amide bonds. The summed E-state index contributed by atoms with van der Waals surface area (Å²) in [5.74, 6) is -0.713. The van der Waals surface area contributed by atoms with Gasteiger partial charge in [-0.2, -0.15) is 0 Å². The smallest absolute Gasteiger partial charge is 0.323 e. The summed E-state index contributed by atoms with van der Waals surface area (Å²) in [5, 5.41) is 12.6. The molecular weight excluding hydrogens is 204 g/mol. The Morgan fingerprint density at radius 3 is 2.06 bits per heavy atom. The molecule has 0 heterocycles. The summed E-state index contributed by atoms with van der Waals surface area (Å²) in [6.07, 6.45) is 3.18. The van der Waals surface area contributed by atoms with Crippen LogP contribution in [0.3, 0.4) is 0 Å². The van der Waals surface area contributed by atoms with E-state index in [1.807, 2.05) is 27.9 Å². The van der Waals surface area contributed by atoms with Crippen LogP contribution < -0.4 is 5.32 Å². The lowest BCUT2D eigenvalue weighted by Gasteiger charge is -2.30. The Labute approximate surface area is 99.0 Å². The number of carbonyl (C=O) groups is 1. The molecule has 0 atom stereocenters. The minimum absolute atomic E-state index is 0.698. The SMILES string of the molecule is CCCC(CCC)(NCCN(C)C)C(=O)O. The van der Waals surface area contributed by atoms with E-state index in [9.17, 15) is 9.90 Å². The molecule has 0 aliphatic rings. The molecule has 0 rings (SSSR count). The summed E-state index contributed by atoms with van der Waals surface area (Å²) in [4.78, 5) is 13.5. The molecule has 0 fully saturated rings. The fraction of sp³-hybridized carbons (Fsp3) is 0.917. The molecule has 4 nitrogen and oxygen atoms in total. The molecule has 0 aromatic carbocycles. The maximum atomic E-state index is 11.4. The molecule has 0 aromatic rings. The number of likely N-dealkylation sites (N-methyl/N-ethyl adjacent to an activating group) is 1. The van der Waals surface area contributed by atoms with Gasteiger partial charge < -0.3 is 15.3 Å². The van der Waals surface area contributed by atoms with E-state index < -0.39 is 11.5 Å². The van der Waals surface area contributed by atoms with Crippen molar-refractivity contribution < 1.29 is 9.90 Å². The average Bonchev–Trinajstić information content (AvgIpc) is 2.17. The second-order valence-corrected chi connectivity index (χ2v) is 4.62. The van der Waals surface area contributed by atoms with Crippen molar-refractivity contribution in [1.29, 1.82) is 0 Å². The number of nitrogens with zero attached hydrogens (tertiary/aromatic N) is 1. The van der Waals surface area contributed by atoms with Crippen LogP contribution in [0.5, 0.6) is 0 Å². The first kappa shape index (κ1) is 15.4. The molecule has 0 aromatic heterocycles. The Morgan fingerprint density at radius 2 is 1.75 bits per heavy atom. The first-order valence-electron chi connectivity index (χ1n) is 6.11. The minimum Gasteiger partial charge on any atom is -0.480 e. The molecule has 0 aliphatic carbocycles. The Kier molecular flexibility index (Phi) is 7.34. The zero-order valence-corrected chi connectivity index (χ0v) is 11.0. The zero-order valence-electron chi connectivity index (χ0n) is 11.0. The van der Waals surface area contributed by atoms with Crippen LogP contribution in [-0.4, -0.2) is 48.7 Å². The van der Waals surface area contributed by atoms with E-state index in [0.29, 0.717) is 12.8 Å². The maximum Gasteiger partial charge on any atom is 0.323 e. The van der Waals surface area contributed by atoms with Crippen LogP contribution in [0.15, 0.2) is 0 Å². The Hall–Kier alpha value is -0.610. The highest BCUT2D eigenvalue weighted by Crippen LogP contribution is 2.20. The fourth-order valence-corrected chi connectivity index (χ4v) is 1.96. The van der Waals surface area contributed by atoms with Gasteiger partial charge in [-0.15, -0.1) is 0 Å². The number of rotatable bonds is 9. The van der Waals surface area contributed by atoms with Crippen molar-refractivity contribution in [3.8, 4) is 0 Å². The van der Waals surface area contributed by atoms with Gasteiger partial charge in [-0.05, 0) is 26.9 Å². The first-order chi connectivity index (χ1) is 7.48. The zero-order chi connectivity index (χ0) is 12.6. The Bertz CT molecular complexity index is 199. The topological polar surface area (TPSA) is 52.6 Å². The average molecular weight is 230 g/mol. The summed E-state index contributed by atoms with van der Waals surface area (Å²) in [6.45, 7) is 5.64. The van der Waals surface area contributed by atoms with Crippen LogP contribution in [0.1, 0.15) is 39.5 Å². The minimum atomic E-state index is -0.723. The number of nitrogens with one attached hydrogen (secondary N) is 1. The number of hydrogen-bond donors (Lipinski definition) is 2. The van der Waals surface area contributed by atoms with E-state index in [-0.39, 0.29) is 0 Å². The second-order valence-electron chi connectivity index (χ2n) is 4.62. The number of carboxylic acids is 1. The fourth-order valence-electron chi connectivity index (χ4n) is 1.96. The van der Waals surface area contributed by atoms with Crippen LogP contribution in [-0.2, 0) is 4.79 Å². The van der Waals surface area contributed by atoms with E-state index in [0.717, 1.165) is 25.9 Å². The highest BCUT2D eigenvalue weighted by molar-refractivity contribution is 5.78. The van der Waals surface area contributed by atoms with E-state index in [4.69, 9.17) is 0 Å². The lowest BCUT2D eigenvalue weighted by molar-refractivity contribution is -0.145. The van der Waals surface area contributed by atoms with Crippen LogP contribution in [0, 0.1) is 0 Å². The van der Waals surface area contributed by atoms with Gasteiger partial charge in [0.1, 0.15) is 5.54 Å². The highest BCUT2D eigenvalue weighted by atomic mass is 16.4. The van der Waals surface area contributed by atoms with Crippen LogP contribution >= 0.6 is 0 Å². The third-order valence-electron chi connectivity index (χ3n) is 2.79. The normalized spacial score (nSPS) is 12.1. The van der Waals surface area contributed by atoms with Crippen molar-refractivity contribution in [1.82, 2.24) is 10.2 Å². The van der Waals surface area contributed by atoms with Crippen LogP contribution in [0.2, 0.25) is 0 Å². The van der Waals surface area contributed by atoms with Gasteiger partial charge in [-0.1, -0.05) is 26.7 Å². The van der Waals surface area contributed by atoms with Gasteiger partial charge in [0, 0.05) is 13.1 Å². The molecule has 96 valence electrons.